The minimum Gasteiger partial charge on any atom is -0.496 e. The molecule has 2 aromatic carbocycles. The number of rotatable bonds is 4. The van der Waals surface area contributed by atoms with Crippen molar-refractivity contribution >= 4 is 0 Å². The largest absolute Gasteiger partial charge is 0.496 e. The zero-order valence-corrected chi connectivity index (χ0v) is 15.0. The van der Waals surface area contributed by atoms with E-state index in [4.69, 9.17) is 4.74 Å². The van der Waals surface area contributed by atoms with E-state index in [-0.39, 0.29) is 0 Å². The van der Waals surface area contributed by atoms with Gasteiger partial charge in [0.05, 0.1) is 7.11 Å². The van der Waals surface area contributed by atoms with Crippen LogP contribution in [0.15, 0.2) is 24.3 Å². The zero-order valence-electron chi connectivity index (χ0n) is 15.0. The summed E-state index contributed by atoms with van der Waals surface area (Å²) in [5.74, 6) is 1.02. The molecule has 0 amide bonds. The molecule has 0 fully saturated rings. The third kappa shape index (κ3) is 3.15. The van der Waals surface area contributed by atoms with E-state index >= 15 is 0 Å². The predicted molar refractivity (Wildman–Crippen MR) is 98.5 cm³/mol. The molecule has 1 aliphatic carbocycles. The molecule has 122 valence electrons. The van der Waals surface area contributed by atoms with Crippen molar-refractivity contribution in [1.82, 2.24) is 0 Å². The number of hydrogen-bond acceptors (Lipinski definition) is 1. The predicted octanol–water partition coefficient (Wildman–Crippen LogP) is 5.81. The van der Waals surface area contributed by atoms with Gasteiger partial charge in [-0.2, -0.15) is 0 Å². The summed E-state index contributed by atoms with van der Waals surface area (Å²) in [6, 6.07) is 9.38. The molecule has 0 radical (unpaired) electrons. The molecular formula is C22H28O. The first kappa shape index (κ1) is 16.1. The molecule has 3 rings (SSSR count). The van der Waals surface area contributed by atoms with Crippen LogP contribution >= 0.6 is 0 Å². The number of benzene rings is 2. The van der Waals surface area contributed by atoms with Crippen LogP contribution in [0.2, 0.25) is 0 Å². The summed E-state index contributed by atoms with van der Waals surface area (Å²) in [5.41, 5.74) is 9.81. The molecule has 0 spiro atoms. The Morgan fingerprint density at radius 3 is 2.22 bits per heavy atom. The first-order chi connectivity index (χ1) is 11.1. The molecule has 0 atom stereocenters. The van der Waals surface area contributed by atoms with Crippen LogP contribution in [0.3, 0.4) is 0 Å². The highest BCUT2D eigenvalue weighted by Gasteiger charge is 2.17. The summed E-state index contributed by atoms with van der Waals surface area (Å²) < 4.78 is 5.74. The Morgan fingerprint density at radius 1 is 0.870 bits per heavy atom. The van der Waals surface area contributed by atoms with Gasteiger partial charge in [0, 0.05) is 5.56 Å². The molecule has 0 saturated carbocycles. The average molecular weight is 308 g/mol. The molecular weight excluding hydrogens is 280 g/mol. The van der Waals surface area contributed by atoms with Crippen LogP contribution in [0, 0.1) is 13.8 Å². The molecule has 0 heterocycles. The summed E-state index contributed by atoms with van der Waals surface area (Å²) in [6.45, 7) is 6.71. The van der Waals surface area contributed by atoms with Gasteiger partial charge < -0.3 is 4.74 Å². The van der Waals surface area contributed by atoms with E-state index < -0.39 is 0 Å². The zero-order chi connectivity index (χ0) is 16.4. The van der Waals surface area contributed by atoms with Crippen molar-refractivity contribution in [3.63, 3.8) is 0 Å². The highest BCUT2D eigenvalue weighted by molar-refractivity contribution is 5.76. The number of methoxy groups -OCH3 is 1. The maximum Gasteiger partial charge on any atom is 0.126 e. The van der Waals surface area contributed by atoms with Crippen LogP contribution in [0.1, 0.15) is 54.0 Å². The molecule has 0 aliphatic heterocycles. The fraction of sp³-hybridized carbons (Fsp3) is 0.455. The van der Waals surface area contributed by atoms with Gasteiger partial charge in [-0.25, -0.2) is 0 Å². The van der Waals surface area contributed by atoms with E-state index in [1.165, 1.54) is 71.0 Å². The molecule has 1 heteroatoms. The van der Waals surface area contributed by atoms with Crippen molar-refractivity contribution in [2.75, 3.05) is 7.11 Å². The lowest BCUT2D eigenvalue weighted by Crippen LogP contribution is -2.04. The summed E-state index contributed by atoms with van der Waals surface area (Å²) in [7, 11) is 1.79. The highest BCUT2D eigenvalue weighted by atomic mass is 16.5. The van der Waals surface area contributed by atoms with Gasteiger partial charge >= 0.3 is 0 Å². The first-order valence-corrected chi connectivity index (χ1v) is 8.94. The topological polar surface area (TPSA) is 9.23 Å². The molecule has 1 aliphatic rings. The maximum atomic E-state index is 5.74. The average Bonchev–Trinajstić information content (AvgIpc) is 2.57. The van der Waals surface area contributed by atoms with Crippen molar-refractivity contribution in [3.8, 4) is 16.9 Å². The Labute approximate surface area is 140 Å². The van der Waals surface area contributed by atoms with Gasteiger partial charge in [-0.15, -0.1) is 0 Å². The van der Waals surface area contributed by atoms with Gasteiger partial charge in [0.25, 0.3) is 0 Å². The Hall–Kier alpha value is -1.76. The van der Waals surface area contributed by atoms with Crippen LogP contribution in [0.5, 0.6) is 5.75 Å². The number of fused-ring (bicyclic) bond motifs is 1. The fourth-order valence-electron chi connectivity index (χ4n) is 3.85. The van der Waals surface area contributed by atoms with Crippen LogP contribution in [0.25, 0.3) is 11.1 Å². The van der Waals surface area contributed by atoms with Crippen molar-refractivity contribution < 1.29 is 4.74 Å². The fourth-order valence-corrected chi connectivity index (χ4v) is 3.85. The summed E-state index contributed by atoms with van der Waals surface area (Å²) >= 11 is 0. The van der Waals surface area contributed by atoms with Crippen molar-refractivity contribution in [2.24, 2.45) is 0 Å². The second-order valence-electron chi connectivity index (χ2n) is 6.87. The number of ether oxygens (including phenoxy) is 1. The second kappa shape index (κ2) is 6.78. The van der Waals surface area contributed by atoms with Gasteiger partial charge in [-0.05, 0) is 91.5 Å². The lowest BCUT2D eigenvalue weighted by molar-refractivity contribution is 0.415. The van der Waals surface area contributed by atoms with E-state index in [9.17, 15) is 0 Å². The highest BCUT2D eigenvalue weighted by Crippen LogP contribution is 2.38. The SMILES string of the molecule is CCCc1cc(C)c(-c2cc3c(cc2OC)CCCC3)cc1C. The molecule has 0 aromatic heterocycles. The molecule has 2 aromatic rings. The number of aryl methyl sites for hydroxylation is 5. The Bertz CT molecular complexity index is 712. The monoisotopic (exact) mass is 308 g/mol. The minimum atomic E-state index is 1.02. The summed E-state index contributed by atoms with van der Waals surface area (Å²) in [4.78, 5) is 0. The van der Waals surface area contributed by atoms with E-state index in [0.29, 0.717) is 0 Å². The van der Waals surface area contributed by atoms with E-state index in [1.807, 2.05) is 0 Å². The normalized spacial score (nSPS) is 13.7. The third-order valence-electron chi connectivity index (χ3n) is 5.16. The van der Waals surface area contributed by atoms with Gasteiger partial charge in [0.2, 0.25) is 0 Å². The summed E-state index contributed by atoms with van der Waals surface area (Å²) in [5, 5.41) is 0. The van der Waals surface area contributed by atoms with Crippen molar-refractivity contribution in [1.29, 1.82) is 0 Å². The van der Waals surface area contributed by atoms with Gasteiger partial charge in [0.1, 0.15) is 5.75 Å². The van der Waals surface area contributed by atoms with Gasteiger partial charge in [0.15, 0.2) is 0 Å². The molecule has 0 bridgehead atoms. The summed E-state index contributed by atoms with van der Waals surface area (Å²) in [6.07, 6.45) is 7.37. The Balaban J connectivity index is 2.12. The van der Waals surface area contributed by atoms with Crippen molar-refractivity contribution in [3.05, 3.63) is 52.1 Å². The van der Waals surface area contributed by atoms with Gasteiger partial charge in [-0.1, -0.05) is 25.5 Å². The molecule has 23 heavy (non-hydrogen) atoms. The first-order valence-electron chi connectivity index (χ1n) is 8.94. The second-order valence-corrected chi connectivity index (χ2v) is 6.87. The van der Waals surface area contributed by atoms with Crippen LogP contribution in [-0.4, -0.2) is 7.11 Å². The van der Waals surface area contributed by atoms with Gasteiger partial charge in [-0.3, -0.25) is 0 Å². The third-order valence-corrected chi connectivity index (χ3v) is 5.16. The van der Waals surface area contributed by atoms with E-state index in [0.717, 1.165) is 12.2 Å². The quantitative estimate of drug-likeness (QED) is 0.692. The van der Waals surface area contributed by atoms with Crippen LogP contribution < -0.4 is 4.74 Å². The maximum absolute atomic E-state index is 5.74. The van der Waals surface area contributed by atoms with E-state index in [1.54, 1.807) is 7.11 Å². The molecule has 1 nitrogen and oxygen atoms in total. The minimum absolute atomic E-state index is 1.02. The molecule has 0 N–H and O–H groups in total. The molecule has 0 saturated heterocycles. The Kier molecular flexibility index (Phi) is 4.75. The number of hydrogen-bond donors (Lipinski definition) is 0. The van der Waals surface area contributed by atoms with Crippen LogP contribution in [0.4, 0.5) is 0 Å². The van der Waals surface area contributed by atoms with Crippen LogP contribution in [-0.2, 0) is 19.3 Å². The lowest BCUT2D eigenvalue weighted by Gasteiger charge is -2.21. The standard InChI is InChI=1S/C22H28O/c1-5-8-17-11-16(3)20(12-15(17)2)21-13-18-9-6-7-10-19(18)14-22(21)23-4/h11-14H,5-10H2,1-4H3. The Morgan fingerprint density at radius 2 is 1.57 bits per heavy atom. The lowest BCUT2D eigenvalue weighted by atomic mass is 9.86. The smallest absolute Gasteiger partial charge is 0.126 e. The van der Waals surface area contributed by atoms with Crippen molar-refractivity contribution in [2.45, 2.75) is 59.3 Å². The van der Waals surface area contributed by atoms with E-state index in [2.05, 4.69) is 45.0 Å². The molecule has 0 unspecified atom stereocenters.